The average molecular weight is 275 g/mol. The number of carboxylic acids is 1. The van der Waals surface area contributed by atoms with Gasteiger partial charge in [-0.25, -0.2) is 18.1 Å². The molecule has 102 valence electrons. The highest BCUT2D eigenvalue weighted by molar-refractivity contribution is 7.89. The summed E-state index contributed by atoms with van der Waals surface area (Å²) in [5.74, 6) is -1.34. The summed E-state index contributed by atoms with van der Waals surface area (Å²) in [7, 11) is -1.91. The van der Waals surface area contributed by atoms with Crippen LogP contribution in [-0.2, 0) is 21.9 Å². The standard InChI is InChI=1S/C10H17N3O4S/c1-8(10(14)15)4-3-5-12-18(16,17)9-6-13(2)7-11-9/h6-8,12H,3-5H2,1-2H3,(H,14,15). The third-order valence-electron chi connectivity index (χ3n) is 2.48. The highest BCUT2D eigenvalue weighted by Crippen LogP contribution is 2.07. The molecule has 0 saturated carbocycles. The first-order valence-electron chi connectivity index (χ1n) is 5.53. The van der Waals surface area contributed by atoms with E-state index in [1.807, 2.05) is 0 Å². The highest BCUT2D eigenvalue weighted by Gasteiger charge is 2.16. The molecule has 0 saturated heterocycles. The molecule has 0 fully saturated rings. The number of hydrogen-bond donors (Lipinski definition) is 2. The van der Waals surface area contributed by atoms with Gasteiger partial charge in [0.25, 0.3) is 10.0 Å². The molecule has 1 heterocycles. The second-order valence-corrected chi connectivity index (χ2v) is 5.87. The topological polar surface area (TPSA) is 101 Å². The molecule has 8 heteroatoms. The number of aryl methyl sites for hydroxylation is 1. The molecular formula is C10H17N3O4S. The van der Waals surface area contributed by atoms with Crippen molar-refractivity contribution in [1.82, 2.24) is 14.3 Å². The zero-order chi connectivity index (χ0) is 13.8. The Bertz CT molecular complexity index is 509. The Hall–Kier alpha value is -1.41. The van der Waals surface area contributed by atoms with E-state index in [0.717, 1.165) is 0 Å². The van der Waals surface area contributed by atoms with Crippen molar-refractivity contribution in [3.05, 3.63) is 12.5 Å². The predicted octanol–water partition coefficient (Wildman–Crippen LogP) is 0.199. The lowest BCUT2D eigenvalue weighted by atomic mass is 10.1. The van der Waals surface area contributed by atoms with Crippen LogP contribution in [-0.4, -0.2) is 35.6 Å². The number of rotatable bonds is 7. The molecule has 0 radical (unpaired) electrons. The monoisotopic (exact) mass is 275 g/mol. The Morgan fingerprint density at radius 1 is 1.61 bits per heavy atom. The van der Waals surface area contributed by atoms with E-state index in [1.54, 1.807) is 18.5 Å². The van der Waals surface area contributed by atoms with Crippen LogP contribution in [0.2, 0.25) is 0 Å². The molecule has 1 unspecified atom stereocenters. The molecule has 0 aromatic carbocycles. The fourth-order valence-electron chi connectivity index (χ4n) is 1.34. The average Bonchev–Trinajstić information content (AvgIpc) is 2.71. The normalized spacial score (nSPS) is 13.4. The van der Waals surface area contributed by atoms with Crippen LogP contribution in [0.4, 0.5) is 0 Å². The van der Waals surface area contributed by atoms with Crippen molar-refractivity contribution in [3.8, 4) is 0 Å². The van der Waals surface area contributed by atoms with Gasteiger partial charge in [0.1, 0.15) is 0 Å². The third-order valence-corrected chi connectivity index (χ3v) is 3.83. The number of carboxylic acid groups (broad SMARTS) is 1. The number of nitrogens with zero attached hydrogens (tertiary/aromatic N) is 2. The summed E-state index contributed by atoms with van der Waals surface area (Å²) in [6.07, 6.45) is 3.71. The molecule has 1 aromatic rings. The molecule has 18 heavy (non-hydrogen) atoms. The first-order valence-corrected chi connectivity index (χ1v) is 7.01. The molecule has 0 aliphatic heterocycles. The second kappa shape index (κ2) is 5.96. The highest BCUT2D eigenvalue weighted by atomic mass is 32.2. The summed E-state index contributed by atoms with van der Waals surface area (Å²) in [5, 5.41) is 8.64. The molecule has 2 N–H and O–H groups in total. The van der Waals surface area contributed by atoms with Crippen LogP contribution in [0, 0.1) is 5.92 Å². The quantitative estimate of drug-likeness (QED) is 0.692. The summed E-state index contributed by atoms with van der Waals surface area (Å²) in [5.41, 5.74) is 0. The molecule has 1 rings (SSSR count). The molecule has 0 amide bonds. The van der Waals surface area contributed by atoms with Crippen molar-refractivity contribution in [2.45, 2.75) is 24.8 Å². The minimum absolute atomic E-state index is 0.0312. The molecule has 0 aliphatic rings. The number of carbonyl (C=O) groups is 1. The van der Waals surface area contributed by atoms with E-state index in [-0.39, 0.29) is 11.6 Å². The van der Waals surface area contributed by atoms with Crippen molar-refractivity contribution in [2.24, 2.45) is 13.0 Å². The summed E-state index contributed by atoms with van der Waals surface area (Å²) >= 11 is 0. The van der Waals surface area contributed by atoms with Gasteiger partial charge in [-0.2, -0.15) is 0 Å². The lowest BCUT2D eigenvalue weighted by Gasteiger charge is -2.06. The van der Waals surface area contributed by atoms with Crippen molar-refractivity contribution in [2.75, 3.05) is 6.54 Å². The van der Waals surface area contributed by atoms with Crippen molar-refractivity contribution >= 4 is 16.0 Å². The van der Waals surface area contributed by atoms with Gasteiger partial charge >= 0.3 is 5.97 Å². The van der Waals surface area contributed by atoms with Gasteiger partial charge in [0, 0.05) is 19.8 Å². The Balaban J connectivity index is 2.42. The first kappa shape index (κ1) is 14.7. The van der Waals surface area contributed by atoms with Crippen molar-refractivity contribution in [3.63, 3.8) is 0 Å². The van der Waals surface area contributed by atoms with Gasteiger partial charge in [0.05, 0.1) is 12.2 Å². The van der Waals surface area contributed by atoms with Crippen LogP contribution >= 0.6 is 0 Å². The predicted molar refractivity (Wildman–Crippen MR) is 64.4 cm³/mol. The molecule has 7 nitrogen and oxygen atoms in total. The van der Waals surface area contributed by atoms with E-state index in [0.29, 0.717) is 12.8 Å². The minimum Gasteiger partial charge on any atom is -0.481 e. The first-order chi connectivity index (χ1) is 8.33. The van der Waals surface area contributed by atoms with E-state index in [9.17, 15) is 13.2 Å². The fourth-order valence-corrected chi connectivity index (χ4v) is 2.39. The molecule has 1 aromatic heterocycles. The van der Waals surface area contributed by atoms with Crippen LogP contribution in [0.3, 0.4) is 0 Å². The van der Waals surface area contributed by atoms with Gasteiger partial charge in [0.15, 0.2) is 5.03 Å². The lowest BCUT2D eigenvalue weighted by Crippen LogP contribution is -2.25. The molecule has 0 spiro atoms. The van der Waals surface area contributed by atoms with Crippen LogP contribution in [0.1, 0.15) is 19.8 Å². The summed E-state index contributed by atoms with van der Waals surface area (Å²) in [4.78, 5) is 14.3. The van der Waals surface area contributed by atoms with E-state index >= 15 is 0 Å². The Morgan fingerprint density at radius 3 is 2.78 bits per heavy atom. The second-order valence-electron chi connectivity index (χ2n) is 4.16. The molecule has 0 aliphatic carbocycles. The molecule has 0 bridgehead atoms. The largest absolute Gasteiger partial charge is 0.481 e. The number of hydrogen-bond acceptors (Lipinski definition) is 4. The SMILES string of the molecule is CC(CCCNS(=O)(=O)c1cn(C)cn1)C(=O)O. The van der Waals surface area contributed by atoms with Crippen molar-refractivity contribution < 1.29 is 18.3 Å². The maximum absolute atomic E-state index is 11.7. The number of aromatic nitrogens is 2. The smallest absolute Gasteiger partial charge is 0.306 e. The fraction of sp³-hybridized carbons (Fsp3) is 0.600. The van der Waals surface area contributed by atoms with Crippen LogP contribution < -0.4 is 4.72 Å². The van der Waals surface area contributed by atoms with Gasteiger partial charge < -0.3 is 9.67 Å². The summed E-state index contributed by atoms with van der Waals surface area (Å²) in [6.45, 7) is 1.80. The Morgan fingerprint density at radius 2 is 2.28 bits per heavy atom. The van der Waals surface area contributed by atoms with E-state index in [2.05, 4.69) is 9.71 Å². The van der Waals surface area contributed by atoms with Crippen LogP contribution in [0.25, 0.3) is 0 Å². The van der Waals surface area contributed by atoms with Gasteiger partial charge in [-0.15, -0.1) is 0 Å². The van der Waals surface area contributed by atoms with E-state index < -0.39 is 21.9 Å². The van der Waals surface area contributed by atoms with Crippen LogP contribution in [0.15, 0.2) is 17.6 Å². The number of imidazole rings is 1. The summed E-state index contributed by atoms with van der Waals surface area (Å²) < 4.78 is 27.4. The van der Waals surface area contributed by atoms with Gasteiger partial charge in [-0.1, -0.05) is 6.92 Å². The van der Waals surface area contributed by atoms with Gasteiger partial charge in [0.2, 0.25) is 0 Å². The maximum Gasteiger partial charge on any atom is 0.306 e. The third kappa shape index (κ3) is 4.11. The van der Waals surface area contributed by atoms with Crippen LogP contribution in [0.5, 0.6) is 0 Å². The van der Waals surface area contributed by atoms with Crippen molar-refractivity contribution in [1.29, 1.82) is 0 Å². The summed E-state index contributed by atoms with van der Waals surface area (Å²) in [6, 6.07) is 0. The minimum atomic E-state index is -3.59. The molecular weight excluding hydrogens is 258 g/mol. The Kier molecular flexibility index (Phi) is 4.85. The van der Waals surface area contributed by atoms with Gasteiger partial charge in [-0.05, 0) is 12.8 Å². The lowest BCUT2D eigenvalue weighted by molar-refractivity contribution is -0.141. The van der Waals surface area contributed by atoms with Gasteiger partial charge in [-0.3, -0.25) is 4.79 Å². The number of nitrogens with one attached hydrogen (secondary N) is 1. The number of sulfonamides is 1. The zero-order valence-electron chi connectivity index (χ0n) is 10.3. The Labute approximate surface area is 106 Å². The number of aliphatic carboxylic acids is 1. The maximum atomic E-state index is 11.7. The molecule has 1 atom stereocenters. The van der Waals surface area contributed by atoms with E-state index in [1.165, 1.54) is 12.5 Å². The van der Waals surface area contributed by atoms with E-state index in [4.69, 9.17) is 5.11 Å². The zero-order valence-corrected chi connectivity index (χ0v) is 11.1.